The Morgan fingerprint density at radius 1 is 1.50 bits per heavy atom. The highest BCUT2D eigenvalue weighted by atomic mass is 16.2. The highest BCUT2D eigenvalue weighted by molar-refractivity contribution is 5.95. The molecule has 0 spiro atoms. The number of carbonyl (C=O) groups excluding carboxylic acids is 1. The minimum Gasteiger partial charge on any atom is -0.290 e. The van der Waals surface area contributed by atoms with Crippen LogP contribution in [0.1, 0.15) is 27.2 Å². The Morgan fingerprint density at radius 3 is 2.43 bits per heavy atom. The summed E-state index contributed by atoms with van der Waals surface area (Å²) in [4.78, 5) is 11.0. The Bertz CT molecular complexity index is 217. The maximum Gasteiger partial charge on any atom is 0.264 e. The van der Waals surface area contributed by atoms with Gasteiger partial charge in [-0.15, -0.1) is 0 Å². The van der Waals surface area contributed by atoms with Gasteiger partial charge in [-0.25, -0.2) is 5.84 Å². The van der Waals surface area contributed by atoms with Gasteiger partial charge in [0.25, 0.3) is 5.91 Å². The van der Waals surface area contributed by atoms with E-state index in [1.165, 1.54) is 0 Å². The molecule has 3 N–H and O–H groups in total. The molecule has 0 aliphatic rings. The fourth-order valence-electron chi connectivity index (χ4n) is 0.711. The van der Waals surface area contributed by atoms with E-state index in [1.54, 1.807) is 24.3 Å². The van der Waals surface area contributed by atoms with Gasteiger partial charge in [0.1, 0.15) is 0 Å². The van der Waals surface area contributed by atoms with Crippen LogP contribution in [0.5, 0.6) is 0 Å². The highest BCUT2D eigenvalue weighted by Gasteiger charge is 2.00. The van der Waals surface area contributed by atoms with Crippen molar-refractivity contribution in [3.05, 3.63) is 36.5 Å². The van der Waals surface area contributed by atoms with Gasteiger partial charge in [0.15, 0.2) is 0 Å². The minimum absolute atomic E-state index is 0.282. The molecule has 0 aliphatic carbocycles. The van der Waals surface area contributed by atoms with Crippen molar-refractivity contribution < 1.29 is 4.79 Å². The molecular formula is C11H20N2O. The normalized spacial score (nSPS) is 10.4. The van der Waals surface area contributed by atoms with Gasteiger partial charge in [-0.2, -0.15) is 0 Å². The first-order valence-electron chi connectivity index (χ1n) is 4.76. The van der Waals surface area contributed by atoms with E-state index < -0.39 is 0 Å². The summed E-state index contributed by atoms with van der Waals surface area (Å²) in [6, 6.07) is 0. The van der Waals surface area contributed by atoms with E-state index in [-0.39, 0.29) is 5.91 Å². The number of hydrazine groups is 1. The summed E-state index contributed by atoms with van der Waals surface area (Å²) in [5.74, 6) is 4.69. The molecule has 1 amide bonds. The molecule has 0 aromatic rings. The number of nitrogens with two attached hydrogens (primary N) is 1. The molecule has 0 heterocycles. The fraction of sp³-hybridized carbons (Fsp3) is 0.364. The molecule has 0 fully saturated rings. The van der Waals surface area contributed by atoms with Crippen molar-refractivity contribution in [2.45, 2.75) is 27.2 Å². The number of allylic oxidation sites excluding steroid dienone is 3. The van der Waals surface area contributed by atoms with Crippen LogP contribution in [0.25, 0.3) is 0 Å². The first-order valence-corrected chi connectivity index (χ1v) is 4.76. The zero-order chi connectivity index (χ0) is 11.4. The Labute approximate surface area is 86.3 Å². The molecule has 0 saturated heterocycles. The van der Waals surface area contributed by atoms with Crippen LogP contribution in [0.15, 0.2) is 36.5 Å². The molecule has 0 aromatic carbocycles. The topological polar surface area (TPSA) is 55.1 Å². The van der Waals surface area contributed by atoms with Crippen LogP contribution < -0.4 is 11.3 Å². The molecule has 14 heavy (non-hydrogen) atoms. The van der Waals surface area contributed by atoms with Crippen molar-refractivity contribution >= 4 is 5.91 Å². The molecule has 0 radical (unpaired) electrons. The van der Waals surface area contributed by atoms with Crippen LogP contribution in [-0.4, -0.2) is 5.91 Å². The number of carbonyl (C=O) groups is 1. The zero-order valence-corrected chi connectivity index (χ0v) is 9.21. The summed E-state index contributed by atoms with van der Waals surface area (Å²) in [7, 11) is 0. The third-order valence-corrected chi connectivity index (χ3v) is 1.23. The summed E-state index contributed by atoms with van der Waals surface area (Å²) in [6.45, 7) is 9.45. The largest absolute Gasteiger partial charge is 0.290 e. The molecule has 3 heteroatoms. The lowest BCUT2D eigenvalue weighted by Gasteiger charge is -1.98. The van der Waals surface area contributed by atoms with Crippen LogP contribution >= 0.6 is 0 Å². The predicted octanol–water partition coefficient (Wildman–Crippen LogP) is 2.08. The maximum atomic E-state index is 11.0. The van der Waals surface area contributed by atoms with Gasteiger partial charge >= 0.3 is 0 Å². The van der Waals surface area contributed by atoms with Gasteiger partial charge in [-0.3, -0.25) is 10.2 Å². The van der Waals surface area contributed by atoms with Crippen LogP contribution in [0.3, 0.4) is 0 Å². The maximum absolute atomic E-state index is 11.0. The van der Waals surface area contributed by atoms with Gasteiger partial charge < -0.3 is 0 Å². The molecular weight excluding hydrogens is 176 g/mol. The van der Waals surface area contributed by atoms with Gasteiger partial charge in [0.05, 0.1) is 0 Å². The molecule has 3 nitrogen and oxygen atoms in total. The lowest BCUT2D eigenvalue weighted by molar-refractivity contribution is -0.117. The summed E-state index contributed by atoms with van der Waals surface area (Å²) in [5, 5.41) is 0. The predicted molar refractivity (Wildman–Crippen MR) is 61.4 cm³/mol. The van der Waals surface area contributed by atoms with E-state index in [1.807, 2.05) is 20.8 Å². The van der Waals surface area contributed by atoms with Crippen molar-refractivity contribution in [2.75, 3.05) is 0 Å². The lowest BCUT2D eigenvalue weighted by atomic mass is 10.2. The number of amides is 1. The van der Waals surface area contributed by atoms with E-state index in [2.05, 4.69) is 12.0 Å². The molecule has 0 atom stereocenters. The third kappa shape index (κ3) is 7.31. The van der Waals surface area contributed by atoms with Crippen LogP contribution in [-0.2, 0) is 4.79 Å². The molecule has 0 bridgehead atoms. The Kier molecular flexibility index (Phi) is 12.6. The average Bonchev–Trinajstić information content (AvgIpc) is 2.26. The van der Waals surface area contributed by atoms with E-state index in [0.29, 0.717) is 5.57 Å². The first kappa shape index (κ1) is 15.1. The van der Waals surface area contributed by atoms with Crippen LogP contribution in [0.2, 0.25) is 0 Å². The van der Waals surface area contributed by atoms with Gasteiger partial charge in [0.2, 0.25) is 0 Å². The SMILES string of the molecule is C=C/C=C\C(=C/CC)C(=O)NN.CC. The summed E-state index contributed by atoms with van der Waals surface area (Å²) >= 11 is 0. The molecule has 0 saturated carbocycles. The molecule has 0 unspecified atom stereocenters. The zero-order valence-electron chi connectivity index (χ0n) is 9.21. The van der Waals surface area contributed by atoms with Crippen molar-refractivity contribution in [3.8, 4) is 0 Å². The Balaban J connectivity index is 0. The second-order valence-corrected chi connectivity index (χ2v) is 2.14. The number of hydrogen-bond donors (Lipinski definition) is 2. The number of hydrogen-bond acceptors (Lipinski definition) is 2. The fourth-order valence-corrected chi connectivity index (χ4v) is 0.711. The van der Waals surface area contributed by atoms with Crippen LogP contribution in [0.4, 0.5) is 0 Å². The second kappa shape index (κ2) is 11.6. The standard InChI is InChI=1S/C9H14N2O.C2H6/c1-3-5-7-8(6-4-2)9(12)11-10;1-2/h3,5-7H,1,4,10H2,2H3,(H,11,12);1-2H3/b7-5-,8-6+;. The van der Waals surface area contributed by atoms with Crippen molar-refractivity contribution in [3.63, 3.8) is 0 Å². The summed E-state index contributed by atoms with van der Waals surface area (Å²) in [6.07, 6.45) is 7.55. The molecule has 80 valence electrons. The lowest BCUT2D eigenvalue weighted by Crippen LogP contribution is -2.30. The van der Waals surface area contributed by atoms with Crippen molar-refractivity contribution in [2.24, 2.45) is 5.84 Å². The van der Waals surface area contributed by atoms with Crippen molar-refractivity contribution in [1.82, 2.24) is 5.43 Å². The highest BCUT2D eigenvalue weighted by Crippen LogP contribution is 1.98. The summed E-state index contributed by atoms with van der Waals surface area (Å²) in [5.41, 5.74) is 2.62. The average molecular weight is 196 g/mol. The Hall–Kier alpha value is -1.35. The van der Waals surface area contributed by atoms with Crippen molar-refractivity contribution in [1.29, 1.82) is 0 Å². The smallest absolute Gasteiger partial charge is 0.264 e. The Morgan fingerprint density at radius 2 is 2.07 bits per heavy atom. The molecule has 0 rings (SSSR count). The number of nitrogens with one attached hydrogen (secondary N) is 1. The van der Waals surface area contributed by atoms with Gasteiger partial charge in [0, 0.05) is 5.57 Å². The van der Waals surface area contributed by atoms with Gasteiger partial charge in [-0.05, 0) is 12.5 Å². The quantitative estimate of drug-likeness (QED) is 0.238. The monoisotopic (exact) mass is 196 g/mol. The van der Waals surface area contributed by atoms with E-state index in [4.69, 9.17) is 5.84 Å². The van der Waals surface area contributed by atoms with Crippen LogP contribution in [0, 0.1) is 0 Å². The number of rotatable bonds is 4. The first-order chi connectivity index (χ1) is 6.76. The summed E-state index contributed by atoms with van der Waals surface area (Å²) < 4.78 is 0. The van der Waals surface area contributed by atoms with E-state index >= 15 is 0 Å². The van der Waals surface area contributed by atoms with Gasteiger partial charge in [-0.1, -0.05) is 45.6 Å². The van der Waals surface area contributed by atoms with E-state index in [0.717, 1.165) is 6.42 Å². The van der Waals surface area contributed by atoms with E-state index in [9.17, 15) is 4.79 Å². The molecule has 0 aliphatic heterocycles. The third-order valence-electron chi connectivity index (χ3n) is 1.23. The second-order valence-electron chi connectivity index (χ2n) is 2.14. The minimum atomic E-state index is -0.282. The molecule has 0 aromatic heterocycles.